The molecule has 2 atom stereocenters. The maximum atomic E-state index is 5.96. The first kappa shape index (κ1) is 12.9. The Kier molecular flexibility index (Phi) is 4.87. The summed E-state index contributed by atoms with van der Waals surface area (Å²) >= 11 is 5.96. The second-order valence-electron chi connectivity index (χ2n) is 4.96. The van der Waals surface area contributed by atoms with E-state index >= 15 is 0 Å². The molecule has 0 saturated heterocycles. The molecule has 1 fully saturated rings. The predicted octanol–water partition coefficient (Wildman–Crippen LogP) is 4.37. The molecule has 0 bridgehead atoms. The van der Waals surface area contributed by atoms with Crippen LogP contribution < -0.4 is 5.32 Å². The summed E-state index contributed by atoms with van der Waals surface area (Å²) in [7, 11) is 0. The Hall–Kier alpha value is -0.530. The lowest BCUT2D eigenvalue weighted by Crippen LogP contribution is -2.34. The molecule has 0 spiro atoms. The highest BCUT2D eigenvalue weighted by atomic mass is 35.5. The van der Waals surface area contributed by atoms with Crippen molar-refractivity contribution >= 4 is 11.6 Å². The molecule has 1 saturated carbocycles. The van der Waals surface area contributed by atoms with Crippen molar-refractivity contribution in [1.29, 1.82) is 0 Å². The van der Waals surface area contributed by atoms with Crippen molar-refractivity contribution in [3.63, 3.8) is 0 Å². The fourth-order valence-electron chi connectivity index (χ4n) is 2.92. The third-order valence-corrected chi connectivity index (χ3v) is 4.03. The van der Waals surface area contributed by atoms with Crippen LogP contribution in [0.5, 0.6) is 0 Å². The van der Waals surface area contributed by atoms with E-state index in [1.807, 2.05) is 12.1 Å². The molecule has 1 aliphatic rings. The standard InChI is InChI=1S/C15H22ClN/c1-2-17-15-7-5-3-4-6-14(15)12-8-10-13(16)11-9-12/h8-11,14-15,17H,2-7H2,1H3. The van der Waals surface area contributed by atoms with E-state index in [1.54, 1.807) is 0 Å². The van der Waals surface area contributed by atoms with Gasteiger partial charge >= 0.3 is 0 Å². The molecule has 2 heteroatoms. The predicted molar refractivity (Wildman–Crippen MR) is 74.7 cm³/mol. The summed E-state index contributed by atoms with van der Waals surface area (Å²) < 4.78 is 0. The van der Waals surface area contributed by atoms with Crippen LogP contribution in [-0.2, 0) is 0 Å². The topological polar surface area (TPSA) is 12.0 Å². The van der Waals surface area contributed by atoms with Crippen LogP contribution in [0.15, 0.2) is 24.3 Å². The van der Waals surface area contributed by atoms with Crippen molar-refractivity contribution in [2.75, 3.05) is 6.54 Å². The summed E-state index contributed by atoms with van der Waals surface area (Å²) in [5.41, 5.74) is 1.45. The molecule has 1 aromatic carbocycles. The lowest BCUT2D eigenvalue weighted by atomic mass is 9.87. The molecule has 2 unspecified atom stereocenters. The SMILES string of the molecule is CCNC1CCCCCC1c1ccc(Cl)cc1. The van der Waals surface area contributed by atoms with Gasteiger partial charge in [-0.25, -0.2) is 0 Å². The second kappa shape index (κ2) is 6.42. The molecule has 0 aromatic heterocycles. The van der Waals surface area contributed by atoms with E-state index in [1.165, 1.54) is 37.7 Å². The summed E-state index contributed by atoms with van der Waals surface area (Å²) in [5, 5.41) is 4.49. The van der Waals surface area contributed by atoms with Gasteiger partial charge in [-0.15, -0.1) is 0 Å². The van der Waals surface area contributed by atoms with Crippen molar-refractivity contribution in [3.05, 3.63) is 34.9 Å². The van der Waals surface area contributed by atoms with Crippen LogP contribution >= 0.6 is 11.6 Å². The van der Waals surface area contributed by atoms with Crippen LogP contribution in [0.2, 0.25) is 5.02 Å². The smallest absolute Gasteiger partial charge is 0.0406 e. The number of hydrogen-bond acceptors (Lipinski definition) is 1. The molecule has 1 aromatic rings. The second-order valence-corrected chi connectivity index (χ2v) is 5.40. The van der Waals surface area contributed by atoms with Gasteiger partial charge in [-0.1, -0.05) is 49.9 Å². The highest BCUT2D eigenvalue weighted by molar-refractivity contribution is 6.30. The van der Waals surface area contributed by atoms with Gasteiger partial charge < -0.3 is 5.32 Å². The van der Waals surface area contributed by atoms with Crippen LogP contribution in [0.3, 0.4) is 0 Å². The minimum atomic E-state index is 0.642. The Labute approximate surface area is 110 Å². The Morgan fingerprint density at radius 3 is 2.53 bits per heavy atom. The van der Waals surface area contributed by atoms with Gasteiger partial charge in [-0.05, 0) is 43.0 Å². The molecule has 0 heterocycles. The molecular formula is C15H22ClN. The van der Waals surface area contributed by atoms with Crippen LogP contribution in [0.4, 0.5) is 0 Å². The van der Waals surface area contributed by atoms with E-state index in [9.17, 15) is 0 Å². The van der Waals surface area contributed by atoms with Gasteiger partial charge in [-0.2, -0.15) is 0 Å². The maximum Gasteiger partial charge on any atom is 0.0406 e. The van der Waals surface area contributed by atoms with E-state index in [4.69, 9.17) is 11.6 Å². The van der Waals surface area contributed by atoms with Gasteiger partial charge in [-0.3, -0.25) is 0 Å². The molecule has 17 heavy (non-hydrogen) atoms. The van der Waals surface area contributed by atoms with Crippen molar-refractivity contribution in [3.8, 4) is 0 Å². The summed E-state index contributed by atoms with van der Waals surface area (Å²) in [6.45, 7) is 3.26. The van der Waals surface area contributed by atoms with E-state index in [0.717, 1.165) is 11.6 Å². The summed E-state index contributed by atoms with van der Waals surface area (Å²) in [5.74, 6) is 0.662. The molecule has 1 nitrogen and oxygen atoms in total. The zero-order valence-electron chi connectivity index (χ0n) is 10.6. The Morgan fingerprint density at radius 1 is 1.12 bits per heavy atom. The maximum absolute atomic E-state index is 5.96. The van der Waals surface area contributed by atoms with Gasteiger partial charge in [0.05, 0.1) is 0 Å². The highest BCUT2D eigenvalue weighted by Gasteiger charge is 2.24. The summed E-state index contributed by atoms with van der Waals surface area (Å²) in [6.07, 6.45) is 6.71. The zero-order chi connectivity index (χ0) is 12.1. The summed E-state index contributed by atoms with van der Waals surface area (Å²) in [4.78, 5) is 0. The lowest BCUT2D eigenvalue weighted by Gasteiger charge is -2.26. The third kappa shape index (κ3) is 3.46. The van der Waals surface area contributed by atoms with Gasteiger partial charge in [0.25, 0.3) is 0 Å². The zero-order valence-corrected chi connectivity index (χ0v) is 11.3. The van der Waals surface area contributed by atoms with Crippen LogP contribution in [0, 0.1) is 0 Å². The van der Waals surface area contributed by atoms with Crippen molar-refractivity contribution in [2.24, 2.45) is 0 Å². The molecule has 94 valence electrons. The number of likely N-dealkylation sites (N-methyl/N-ethyl adjacent to an activating group) is 1. The molecule has 1 aliphatic carbocycles. The van der Waals surface area contributed by atoms with Crippen molar-refractivity contribution in [2.45, 2.75) is 51.0 Å². The largest absolute Gasteiger partial charge is 0.314 e. The lowest BCUT2D eigenvalue weighted by molar-refractivity contribution is 0.419. The fourth-order valence-corrected chi connectivity index (χ4v) is 3.05. The van der Waals surface area contributed by atoms with E-state index in [0.29, 0.717) is 12.0 Å². The van der Waals surface area contributed by atoms with E-state index in [-0.39, 0.29) is 0 Å². The summed E-state index contributed by atoms with van der Waals surface area (Å²) in [6, 6.07) is 9.07. The Morgan fingerprint density at radius 2 is 1.82 bits per heavy atom. The van der Waals surface area contributed by atoms with Gasteiger partial charge in [0.2, 0.25) is 0 Å². The minimum Gasteiger partial charge on any atom is -0.314 e. The first-order chi connectivity index (χ1) is 8.31. The van der Waals surface area contributed by atoms with E-state index in [2.05, 4.69) is 24.4 Å². The molecule has 2 rings (SSSR count). The van der Waals surface area contributed by atoms with Gasteiger partial charge in [0.1, 0.15) is 0 Å². The number of halogens is 1. The number of benzene rings is 1. The molecule has 1 N–H and O–H groups in total. The normalized spacial score (nSPS) is 25.5. The van der Waals surface area contributed by atoms with Crippen LogP contribution in [0.1, 0.15) is 50.5 Å². The first-order valence-electron chi connectivity index (χ1n) is 6.80. The molecule has 0 aliphatic heterocycles. The number of hydrogen-bond donors (Lipinski definition) is 1. The number of nitrogens with one attached hydrogen (secondary N) is 1. The molecule has 0 radical (unpaired) electrons. The minimum absolute atomic E-state index is 0.642. The monoisotopic (exact) mass is 251 g/mol. The highest BCUT2D eigenvalue weighted by Crippen LogP contribution is 2.32. The quantitative estimate of drug-likeness (QED) is 0.787. The van der Waals surface area contributed by atoms with Gasteiger partial charge in [0, 0.05) is 11.1 Å². The third-order valence-electron chi connectivity index (χ3n) is 3.78. The van der Waals surface area contributed by atoms with Crippen LogP contribution in [0.25, 0.3) is 0 Å². The average molecular weight is 252 g/mol. The van der Waals surface area contributed by atoms with Gasteiger partial charge in [0.15, 0.2) is 0 Å². The van der Waals surface area contributed by atoms with Crippen LogP contribution in [-0.4, -0.2) is 12.6 Å². The molecule has 0 amide bonds. The average Bonchev–Trinajstić information content (AvgIpc) is 2.56. The first-order valence-corrected chi connectivity index (χ1v) is 7.18. The number of rotatable bonds is 3. The van der Waals surface area contributed by atoms with E-state index < -0.39 is 0 Å². The molecular weight excluding hydrogens is 230 g/mol. The van der Waals surface area contributed by atoms with Crippen molar-refractivity contribution < 1.29 is 0 Å². The van der Waals surface area contributed by atoms with Crippen molar-refractivity contribution in [1.82, 2.24) is 5.32 Å². The Balaban J connectivity index is 2.16. The Bertz CT molecular complexity index is 333. The fraction of sp³-hybridized carbons (Fsp3) is 0.600.